The van der Waals surface area contributed by atoms with Crippen LogP contribution in [0.5, 0.6) is 0 Å². The van der Waals surface area contributed by atoms with Crippen molar-refractivity contribution in [3.05, 3.63) is 39.6 Å². The molecular weight excluding hydrogens is 233 g/mol. The fourth-order valence-corrected chi connectivity index (χ4v) is 1.58. The van der Waals surface area contributed by atoms with Crippen molar-refractivity contribution in [2.45, 2.75) is 0 Å². The number of rotatable bonds is 1. The molecule has 0 spiro atoms. The molecule has 1 nitrogen and oxygen atoms in total. The van der Waals surface area contributed by atoms with E-state index in [-0.39, 0.29) is 5.82 Å². The van der Waals surface area contributed by atoms with Crippen molar-refractivity contribution >= 4 is 22.0 Å². The quantitative estimate of drug-likeness (QED) is 0.798. The minimum atomic E-state index is -0.192. The van der Waals surface area contributed by atoms with Gasteiger partial charge in [0.05, 0.1) is 0 Å². The largest absolute Gasteiger partial charge is 0.309 e. The predicted molar refractivity (Wildman–Crippen MR) is 54.9 cm³/mol. The van der Waals surface area contributed by atoms with Gasteiger partial charge in [-0.15, -0.1) is 0 Å². The Morgan fingerprint density at radius 1 is 1.38 bits per heavy atom. The molecule has 0 saturated carbocycles. The second-order valence-corrected chi connectivity index (χ2v) is 3.93. The van der Waals surface area contributed by atoms with Crippen molar-refractivity contribution in [2.75, 3.05) is 13.1 Å². The molecular formula is C10H9BrFN. The molecule has 1 saturated heterocycles. The Hall–Kier alpha value is -0.670. The highest BCUT2D eigenvalue weighted by Crippen LogP contribution is 2.21. The molecule has 3 heteroatoms. The summed E-state index contributed by atoms with van der Waals surface area (Å²) in [6.07, 6.45) is 2.02. The van der Waals surface area contributed by atoms with Crippen molar-refractivity contribution in [1.82, 2.24) is 5.32 Å². The first kappa shape index (κ1) is 8.91. The van der Waals surface area contributed by atoms with Gasteiger partial charge in [0.1, 0.15) is 5.82 Å². The van der Waals surface area contributed by atoms with Gasteiger partial charge in [0.25, 0.3) is 0 Å². The van der Waals surface area contributed by atoms with Crippen molar-refractivity contribution < 1.29 is 4.39 Å². The standard InChI is InChI=1S/C10H9BrFN/c11-10-2-1-9(12)4-8(10)3-7-5-13-6-7/h1-4,13H,5-6H2. The highest BCUT2D eigenvalue weighted by molar-refractivity contribution is 9.10. The van der Waals surface area contributed by atoms with Gasteiger partial charge in [0.15, 0.2) is 0 Å². The Morgan fingerprint density at radius 3 is 2.77 bits per heavy atom. The monoisotopic (exact) mass is 241 g/mol. The zero-order valence-electron chi connectivity index (χ0n) is 6.98. The Labute approximate surface area is 84.8 Å². The Kier molecular flexibility index (Phi) is 2.47. The third-order valence-corrected chi connectivity index (χ3v) is 2.74. The summed E-state index contributed by atoms with van der Waals surface area (Å²) in [4.78, 5) is 0. The van der Waals surface area contributed by atoms with E-state index >= 15 is 0 Å². The van der Waals surface area contributed by atoms with Crippen LogP contribution in [0.4, 0.5) is 4.39 Å². The summed E-state index contributed by atoms with van der Waals surface area (Å²) in [6.45, 7) is 1.84. The molecule has 2 rings (SSSR count). The predicted octanol–water partition coefficient (Wildman–Crippen LogP) is 2.57. The average molecular weight is 242 g/mol. The van der Waals surface area contributed by atoms with Gasteiger partial charge < -0.3 is 5.32 Å². The van der Waals surface area contributed by atoms with Crippen LogP contribution in [0.25, 0.3) is 6.08 Å². The van der Waals surface area contributed by atoms with Crippen LogP contribution in [-0.4, -0.2) is 13.1 Å². The second kappa shape index (κ2) is 3.60. The highest BCUT2D eigenvalue weighted by atomic mass is 79.9. The number of benzene rings is 1. The number of hydrogen-bond acceptors (Lipinski definition) is 1. The maximum atomic E-state index is 12.9. The van der Waals surface area contributed by atoms with Crippen LogP contribution in [0, 0.1) is 5.82 Å². The van der Waals surface area contributed by atoms with Crippen LogP contribution >= 0.6 is 15.9 Å². The van der Waals surface area contributed by atoms with Gasteiger partial charge in [-0.2, -0.15) is 0 Å². The normalized spacial score (nSPS) is 15.4. The van der Waals surface area contributed by atoms with Gasteiger partial charge in [-0.3, -0.25) is 0 Å². The lowest BCUT2D eigenvalue weighted by atomic mass is 10.1. The summed E-state index contributed by atoms with van der Waals surface area (Å²) in [5.41, 5.74) is 2.22. The summed E-state index contributed by atoms with van der Waals surface area (Å²) < 4.78 is 13.8. The third kappa shape index (κ3) is 1.98. The van der Waals surface area contributed by atoms with E-state index in [0.717, 1.165) is 23.1 Å². The lowest BCUT2D eigenvalue weighted by Crippen LogP contribution is -2.33. The molecule has 1 aliphatic rings. The van der Waals surface area contributed by atoms with Crippen LogP contribution < -0.4 is 5.32 Å². The molecule has 0 aromatic heterocycles. The minimum Gasteiger partial charge on any atom is -0.309 e. The first-order chi connectivity index (χ1) is 6.25. The summed E-state index contributed by atoms with van der Waals surface area (Å²) >= 11 is 3.38. The summed E-state index contributed by atoms with van der Waals surface area (Å²) in [5.74, 6) is -0.192. The minimum absolute atomic E-state index is 0.192. The molecule has 1 heterocycles. The van der Waals surface area contributed by atoms with E-state index in [1.54, 1.807) is 6.07 Å². The molecule has 68 valence electrons. The molecule has 0 amide bonds. The maximum Gasteiger partial charge on any atom is 0.123 e. The lowest BCUT2D eigenvalue weighted by molar-refractivity contribution is 0.627. The van der Waals surface area contributed by atoms with E-state index in [0.29, 0.717) is 0 Å². The molecule has 0 aliphatic carbocycles. The molecule has 1 aromatic rings. The third-order valence-electron chi connectivity index (χ3n) is 2.02. The van der Waals surface area contributed by atoms with Gasteiger partial charge in [0, 0.05) is 17.6 Å². The number of nitrogens with one attached hydrogen (secondary N) is 1. The zero-order valence-corrected chi connectivity index (χ0v) is 8.57. The SMILES string of the molecule is Fc1ccc(Br)c(C=C2CNC2)c1. The molecule has 1 N–H and O–H groups in total. The first-order valence-corrected chi connectivity index (χ1v) is 4.90. The van der Waals surface area contributed by atoms with E-state index in [2.05, 4.69) is 21.2 Å². The summed E-state index contributed by atoms with van der Waals surface area (Å²) in [6, 6.07) is 4.72. The second-order valence-electron chi connectivity index (χ2n) is 3.07. The molecule has 1 fully saturated rings. The topological polar surface area (TPSA) is 12.0 Å². The summed E-state index contributed by atoms with van der Waals surface area (Å²) in [7, 11) is 0. The van der Waals surface area contributed by atoms with Crippen molar-refractivity contribution in [3.63, 3.8) is 0 Å². The molecule has 13 heavy (non-hydrogen) atoms. The van der Waals surface area contributed by atoms with Crippen LogP contribution in [0.1, 0.15) is 5.56 Å². The van der Waals surface area contributed by atoms with Crippen LogP contribution in [-0.2, 0) is 0 Å². The van der Waals surface area contributed by atoms with Crippen LogP contribution in [0.3, 0.4) is 0 Å². The zero-order chi connectivity index (χ0) is 9.26. The number of halogens is 2. The fraction of sp³-hybridized carbons (Fsp3) is 0.200. The molecule has 1 aliphatic heterocycles. The van der Waals surface area contributed by atoms with E-state index < -0.39 is 0 Å². The Bertz CT molecular complexity index is 354. The van der Waals surface area contributed by atoms with Crippen molar-refractivity contribution in [1.29, 1.82) is 0 Å². The smallest absolute Gasteiger partial charge is 0.123 e. The van der Waals surface area contributed by atoms with Gasteiger partial charge in [-0.25, -0.2) is 4.39 Å². The van der Waals surface area contributed by atoms with Crippen molar-refractivity contribution in [3.8, 4) is 0 Å². The molecule has 1 aromatic carbocycles. The highest BCUT2D eigenvalue weighted by Gasteiger charge is 2.08. The summed E-state index contributed by atoms with van der Waals surface area (Å²) in [5, 5.41) is 3.14. The fourth-order valence-electron chi connectivity index (χ4n) is 1.22. The number of hydrogen-bond donors (Lipinski definition) is 1. The lowest BCUT2D eigenvalue weighted by Gasteiger charge is -2.18. The average Bonchev–Trinajstić information content (AvgIpc) is 2.03. The van der Waals surface area contributed by atoms with Crippen molar-refractivity contribution in [2.24, 2.45) is 0 Å². The van der Waals surface area contributed by atoms with Crippen LogP contribution in [0.15, 0.2) is 28.2 Å². The molecule has 0 bridgehead atoms. The van der Waals surface area contributed by atoms with Gasteiger partial charge in [0.2, 0.25) is 0 Å². The molecule has 0 radical (unpaired) electrons. The maximum absolute atomic E-state index is 12.9. The van der Waals surface area contributed by atoms with Gasteiger partial charge in [-0.1, -0.05) is 22.0 Å². The van der Waals surface area contributed by atoms with Gasteiger partial charge >= 0.3 is 0 Å². The van der Waals surface area contributed by atoms with E-state index in [1.165, 1.54) is 17.7 Å². The van der Waals surface area contributed by atoms with Crippen LogP contribution in [0.2, 0.25) is 0 Å². The molecule has 0 atom stereocenters. The van der Waals surface area contributed by atoms with E-state index in [9.17, 15) is 4.39 Å². The Balaban J connectivity index is 2.33. The molecule has 0 unspecified atom stereocenters. The van der Waals surface area contributed by atoms with E-state index in [4.69, 9.17) is 0 Å². The van der Waals surface area contributed by atoms with E-state index in [1.807, 2.05) is 6.08 Å². The Morgan fingerprint density at radius 2 is 2.15 bits per heavy atom. The first-order valence-electron chi connectivity index (χ1n) is 4.11. The van der Waals surface area contributed by atoms with Gasteiger partial charge in [-0.05, 0) is 29.3 Å².